The molecule has 0 atom stereocenters. The Morgan fingerprint density at radius 3 is 2.34 bits per heavy atom. The van der Waals surface area contributed by atoms with E-state index >= 15 is 0 Å². The average molecular weight is 506 g/mol. The Hall–Kier alpha value is -4.46. The maximum absolute atomic E-state index is 12.6. The summed E-state index contributed by atoms with van der Waals surface area (Å²) in [5, 5.41) is 8.44. The van der Waals surface area contributed by atoms with Gasteiger partial charge in [-0.25, -0.2) is 9.48 Å². The second-order valence-corrected chi connectivity index (χ2v) is 8.25. The number of rotatable bonds is 4. The molecule has 0 aliphatic rings. The summed E-state index contributed by atoms with van der Waals surface area (Å²) in [6, 6.07) is 15.4. The van der Waals surface area contributed by atoms with Crippen molar-refractivity contribution in [2.24, 2.45) is 0 Å². The average Bonchev–Trinajstić information content (AvgIpc) is 3.25. The largest absolute Gasteiger partial charge is 0.365 e. The fraction of sp³-hybridized carbons (Fsp3) is 0.0435. The number of halogens is 2. The van der Waals surface area contributed by atoms with Crippen LogP contribution in [0, 0.1) is 6.57 Å². The highest BCUT2D eigenvalue weighted by Gasteiger charge is 2.19. The van der Waals surface area contributed by atoms with Gasteiger partial charge in [-0.1, -0.05) is 60.1 Å². The number of hydrogen-bond donors (Lipinski definition) is 1. The van der Waals surface area contributed by atoms with Gasteiger partial charge in [-0.05, 0) is 28.9 Å². The fourth-order valence-corrected chi connectivity index (χ4v) is 4.33. The van der Waals surface area contributed by atoms with E-state index in [0.717, 1.165) is 10.2 Å². The highest BCUT2D eigenvalue weighted by atomic mass is 35.5. The van der Waals surface area contributed by atoms with Crippen LogP contribution < -0.4 is 16.8 Å². The summed E-state index contributed by atoms with van der Waals surface area (Å²) in [6.07, 6.45) is 1.55. The lowest BCUT2D eigenvalue weighted by Crippen LogP contribution is -2.30. The molecule has 0 saturated heterocycles. The number of aromatic amines is 1. The molecule has 5 aromatic rings. The molecule has 1 N–H and O–H groups in total. The third kappa shape index (κ3) is 3.93. The number of fused-ring (bicyclic) bond motifs is 1. The standard InChI is InChI=1S/C23H13Cl2N7O3/c1-26-21-22(34)28-23(35)31(29-21)14-9-15(24)20(16(25)10-14)32-17-7-8-19(33)30(18(17)11-27-32)12-13-5-3-2-4-6-13/h2-11H,12H2,(H,28,34,35). The van der Waals surface area contributed by atoms with Crippen molar-refractivity contribution >= 4 is 40.1 Å². The molecule has 3 aromatic heterocycles. The predicted octanol–water partition coefficient (Wildman–Crippen LogP) is 3.33. The molecule has 0 aliphatic heterocycles. The van der Waals surface area contributed by atoms with Crippen molar-refractivity contribution in [3.8, 4) is 11.4 Å². The minimum absolute atomic E-state index is 0.127. The van der Waals surface area contributed by atoms with Crippen LogP contribution in [0.2, 0.25) is 10.0 Å². The van der Waals surface area contributed by atoms with Gasteiger partial charge >= 0.3 is 11.5 Å². The maximum Gasteiger partial charge on any atom is 0.365 e. The third-order valence-corrected chi connectivity index (χ3v) is 5.86. The normalized spacial score (nSPS) is 11.0. The van der Waals surface area contributed by atoms with Gasteiger partial charge in [0.25, 0.3) is 11.1 Å². The van der Waals surface area contributed by atoms with E-state index in [1.165, 1.54) is 22.9 Å². The van der Waals surface area contributed by atoms with Crippen LogP contribution in [0.25, 0.3) is 27.3 Å². The number of aromatic nitrogens is 6. The van der Waals surface area contributed by atoms with E-state index in [0.29, 0.717) is 23.3 Å². The van der Waals surface area contributed by atoms with Gasteiger partial charge in [-0.2, -0.15) is 5.10 Å². The quantitative estimate of drug-likeness (QED) is 0.376. The van der Waals surface area contributed by atoms with Gasteiger partial charge in [-0.3, -0.25) is 14.6 Å². The molecule has 0 aliphatic carbocycles. The minimum atomic E-state index is -0.889. The number of benzene rings is 2. The minimum Gasteiger partial charge on any atom is -0.354 e. The molecule has 0 amide bonds. The van der Waals surface area contributed by atoms with Crippen molar-refractivity contribution in [2.45, 2.75) is 6.54 Å². The number of hydrogen-bond acceptors (Lipinski definition) is 5. The second-order valence-electron chi connectivity index (χ2n) is 7.43. The summed E-state index contributed by atoms with van der Waals surface area (Å²) in [5.74, 6) is -0.504. The lowest BCUT2D eigenvalue weighted by Gasteiger charge is -2.12. The third-order valence-electron chi connectivity index (χ3n) is 5.28. The summed E-state index contributed by atoms with van der Waals surface area (Å²) < 4.78 is 3.92. The first kappa shape index (κ1) is 22.3. The highest BCUT2D eigenvalue weighted by Crippen LogP contribution is 2.33. The van der Waals surface area contributed by atoms with E-state index in [-0.39, 0.29) is 21.3 Å². The topological polar surface area (TPSA) is 112 Å². The van der Waals surface area contributed by atoms with Crippen LogP contribution >= 0.6 is 23.2 Å². The molecule has 0 saturated carbocycles. The van der Waals surface area contributed by atoms with Crippen LogP contribution in [0.1, 0.15) is 5.56 Å². The lowest BCUT2D eigenvalue weighted by molar-refractivity contribution is 0.761. The van der Waals surface area contributed by atoms with Crippen LogP contribution in [-0.4, -0.2) is 29.1 Å². The predicted molar refractivity (Wildman–Crippen MR) is 131 cm³/mol. The van der Waals surface area contributed by atoms with E-state index in [1.54, 1.807) is 16.8 Å². The Kier molecular flexibility index (Phi) is 5.56. The Balaban J connectivity index is 1.64. The number of H-pyrrole nitrogens is 1. The zero-order valence-corrected chi connectivity index (χ0v) is 19.2. The molecule has 172 valence electrons. The van der Waals surface area contributed by atoms with E-state index in [1.807, 2.05) is 35.3 Å². The van der Waals surface area contributed by atoms with E-state index < -0.39 is 17.1 Å². The monoisotopic (exact) mass is 505 g/mol. The maximum atomic E-state index is 12.6. The Morgan fingerprint density at radius 1 is 0.943 bits per heavy atom. The van der Waals surface area contributed by atoms with Crippen LogP contribution in [0.15, 0.2) is 75.2 Å². The van der Waals surface area contributed by atoms with Crippen LogP contribution in [0.4, 0.5) is 5.82 Å². The smallest absolute Gasteiger partial charge is 0.354 e. The zero-order valence-electron chi connectivity index (χ0n) is 17.6. The van der Waals surface area contributed by atoms with Crippen LogP contribution in [-0.2, 0) is 6.54 Å². The number of nitrogens with one attached hydrogen (secondary N) is 1. The summed E-state index contributed by atoms with van der Waals surface area (Å²) in [6.45, 7) is 7.40. The summed E-state index contributed by atoms with van der Waals surface area (Å²) in [7, 11) is 0. The molecule has 35 heavy (non-hydrogen) atoms. The van der Waals surface area contributed by atoms with E-state index in [4.69, 9.17) is 29.8 Å². The molecule has 0 fully saturated rings. The Bertz CT molecular complexity index is 1810. The molecular formula is C23H13Cl2N7O3. The molecule has 5 rings (SSSR count). The highest BCUT2D eigenvalue weighted by molar-refractivity contribution is 6.38. The molecule has 0 unspecified atom stereocenters. The molecule has 12 heteroatoms. The van der Waals surface area contributed by atoms with Crippen molar-refractivity contribution in [1.82, 2.24) is 29.1 Å². The van der Waals surface area contributed by atoms with Gasteiger partial charge < -0.3 is 9.41 Å². The Morgan fingerprint density at radius 2 is 1.66 bits per heavy atom. The van der Waals surface area contributed by atoms with Crippen molar-refractivity contribution < 1.29 is 0 Å². The SMILES string of the molecule is [C-]#[N+]c1nn(-c2cc(Cl)c(-n3ncc4c3ccc(=O)n4Cc3ccccc3)c(Cl)c2)c(=O)[nH]c1=O. The van der Waals surface area contributed by atoms with Crippen molar-refractivity contribution in [2.75, 3.05) is 0 Å². The van der Waals surface area contributed by atoms with Crippen LogP contribution in [0.3, 0.4) is 0 Å². The van der Waals surface area contributed by atoms with Gasteiger partial charge in [0.2, 0.25) is 0 Å². The van der Waals surface area contributed by atoms with Crippen molar-refractivity contribution in [3.05, 3.63) is 119 Å². The molecule has 0 radical (unpaired) electrons. The molecule has 0 bridgehead atoms. The lowest BCUT2D eigenvalue weighted by atomic mass is 10.2. The zero-order chi connectivity index (χ0) is 24.7. The molecular weight excluding hydrogens is 493 g/mol. The van der Waals surface area contributed by atoms with Gasteiger partial charge in [0.05, 0.1) is 39.5 Å². The summed E-state index contributed by atoms with van der Waals surface area (Å²) >= 11 is 13.1. The van der Waals surface area contributed by atoms with Crippen LogP contribution in [0.5, 0.6) is 0 Å². The first-order valence-corrected chi connectivity index (χ1v) is 10.9. The van der Waals surface area contributed by atoms with Gasteiger partial charge in [-0.15, -0.1) is 4.68 Å². The van der Waals surface area contributed by atoms with Gasteiger partial charge in [0.15, 0.2) is 0 Å². The molecule has 2 aromatic carbocycles. The van der Waals surface area contributed by atoms with E-state index in [2.05, 4.69) is 15.0 Å². The van der Waals surface area contributed by atoms with Gasteiger partial charge in [0, 0.05) is 6.07 Å². The fourth-order valence-electron chi connectivity index (χ4n) is 3.70. The Labute approximate surface area is 206 Å². The summed E-state index contributed by atoms with van der Waals surface area (Å²) in [4.78, 5) is 41.6. The second kappa shape index (κ2) is 8.72. The van der Waals surface area contributed by atoms with E-state index in [9.17, 15) is 14.4 Å². The number of nitrogens with zero attached hydrogens (tertiary/aromatic N) is 6. The molecule has 10 nitrogen and oxygen atoms in total. The first-order valence-electron chi connectivity index (χ1n) is 10.1. The van der Waals surface area contributed by atoms with Crippen molar-refractivity contribution in [3.63, 3.8) is 0 Å². The first-order chi connectivity index (χ1) is 16.9. The molecule has 0 spiro atoms. The summed E-state index contributed by atoms with van der Waals surface area (Å²) in [5.41, 5.74) is 0.661. The van der Waals surface area contributed by atoms with Crippen molar-refractivity contribution in [1.29, 1.82) is 0 Å². The van der Waals surface area contributed by atoms with Gasteiger partial charge in [0.1, 0.15) is 5.69 Å². The molecule has 3 heterocycles. The number of pyridine rings is 1.